The molecule has 0 fully saturated rings. The number of methoxy groups -OCH3 is 1. The van der Waals surface area contributed by atoms with Crippen LogP contribution in [0.3, 0.4) is 0 Å². The Labute approximate surface area is 153 Å². The molecule has 1 unspecified atom stereocenters. The minimum atomic E-state index is -3.23. The summed E-state index contributed by atoms with van der Waals surface area (Å²) in [6.07, 6.45) is 0. The van der Waals surface area contributed by atoms with Crippen molar-refractivity contribution < 1.29 is 18.3 Å². The molecule has 9 heteroatoms. The molecule has 6 nitrogen and oxygen atoms in total. The van der Waals surface area contributed by atoms with Crippen molar-refractivity contribution in [2.45, 2.75) is 26.1 Å². The molecule has 1 heterocycles. The molecular weight excluding hydrogens is 361 g/mol. The zero-order chi connectivity index (χ0) is 19.5. The summed E-state index contributed by atoms with van der Waals surface area (Å²) < 4.78 is 34.0. The van der Waals surface area contributed by atoms with Crippen molar-refractivity contribution in [2.24, 2.45) is 7.05 Å². The lowest BCUT2D eigenvalue weighted by Crippen LogP contribution is -2.25. The second-order valence-electron chi connectivity index (χ2n) is 5.77. The fraction of sp³-hybridized carbons (Fsp3) is 0.412. The summed E-state index contributed by atoms with van der Waals surface area (Å²) in [6.45, 7) is 4.40. The molecule has 1 atom stereocenters. The van der Waals surface area contributed by atoms with E-state index in [4.69, 9.17) is 4.74 Å². The second kappa shape index (κ2) is 7.99. The van der Waals surface area contributed by atoms with E-state index in [1.165, 1.54) is 28.1 Å². The molecule has 0 aliphatic rings. The normalized spacial score (nSPS) is 11.3. The predicted octanol–water partition coefficient (Wildman–Crippen LogP) is 3.02. The number of benzene rings is 1. The van der Waals surface area contributed by atoms with Gasteiger partial charge in [-0.2, -0.15) is 13.9 Å². The van der Waals surface area contributed by atoms with Crippen LogP contribution in [0.2, 0.25) is 0 Å². The number of amides is 1. The van der Waals surface area contributed by atoms with Gasteiger partial charge in [-0.3, -0.25) is 4.79 Å². The molecular formula is C17H23F2N4O2P. The number of alkyl halides is 2. The fourth-order valence-electron chi connectivity index (χ4n) is 2.76. The van der Waals surface area contributed by atoms with Crippen LogP contribution in [-0.4, -0.2) is 29.3 Å². The maximum Gasteiger partial charge on any atom is 0.302 e. The van der Waals surface area contributed by atoms with Crippen molar-refractivity contribution in [3.05, 3.63) is 40.6 Å². The zero-order valence-electron chi connectivity index (χ0n) is 15.2. The predicted molar refractivity (Wildman–Crippen MR) is 99.9 cm³/mol. The van der Waals surface area contributed by atoms with Crippen LogP contribution < -0.4 is 15.4 Å². The smallest absolute Gasteiger partial charge is 0.302 e. The van der Waals surface area contributed by atoms with Crippen LogP contribution in [0.15, 0.2) is 18.2 Å². The summed E-state index contributed by atoms with van der Waals surface area (Å²) in [5.74, 6) is -0.174. The lowest BCUT2D eigenvalue weighted by molar-refractivity contribution is 0.0926. The van der Waals surface area contributed by atoms with E-state index in [1.807, 2.05) is 19.9 Å². The minimum Gasteiger partial charge on any atom is -0.481 e. The average Bonchev–Trinajstić information content (AvgIpc) is 2.90. The highest BCUT2D eigenvalue weighted by atomic mass is 31.0. The third-order valence-corrected chi connectivity index (χ3v) is 4.24. The van der Waals surface area contributed by atoms with E-state index in [9.17, 15) is 13.6 Å². The van der Waals surface area contributed by atoms with E-state index < -0.39 is 11.4 Å². The molecule has 2 N–H and O–H groups in total. The molecule has 2 rings (SSSR count). The fourth-order valence-corrected chi connectivity index (χ4v) is 2.99. The van der Waals surface area contributed by atoms with Crippen LogP contribution in [0.4, 0.5) is 14.5 Å². The number of hydrogen-bond donors (Lipinski definition) is 2. The molecule has 142 valence electrons. The Kier molecular flexibility index (Phi) is 6.18. The van der Waals surface area contributed by atoms with Crippen molar-refractivity contribution in [1.82, 2.24) is 15.1 Å². The van der Waals surface area contributed by atoms with Gasteiger partial charge >= 0.3 is 5.66 Å². The number of hydrogen-bond acceptors (Lipinski definition) is 4. The average molecular weight is 384 g/mol. The Morgan fingerprint density at radius 2 is 2.12 bits per heavy atom. The van der Waals surface area contributed by atoms with Gasteiger partial charge in [-0.15, -0.1) is 0 Å². The van der Waals surface area contributed by atoms with Gasteiger partial charge in [0.1, 0.15) is 5.69 Å². The Bertz CT molecular complexity index is 803. The van der Waals surface area contributed by atoms with E-state index >= 15 is 0 Å². The van der Waals surface area contributed by atoms with Gasteiger partial charge in [-0.05, 0) is 31.5 Å². The summed E-state index contributed by atoms with van der Waals surface area (Å²) in [4.78, 5) is 12.6. The topological polar surface area (TPSA) is 68.2 Å². The van der Waals surface area contributed by atoms with Gasteiger partial charge in [0.2, 0.25) is 5.88 Å². The monoisotopic (exact) mass is 384 g/mol. The molecule has 2 aromatic rings. The molecule has 0 spiro atoms. The van der Waals surface area contributed by atoms with Gasteiger partial charge < -0.3 is 15.4 Å². The quantitative estimate of drug-likeness (QED) is 0.720. The molecule has 0 bridgehead atoms. The molecule has 0 aliphatic heterocycles. The number of anilines is 1. The number of carbonyl (C=O) groups excluding carboxylic acids is 1. The molecule has 26 heavy (non-hydrogen) atoms. The van der Waals surface area contributed by atoms with Gasteiger partial charge in [-0.1, -0.05) is 15.3 Å². The molecule has 1 aromatic carbocycles. The van der Waals surface area contributed by atoms with E-state index in [0.717, 1.165) is 17.8 Å². The van der Waals surface area contributed by atoms with E-state index in [2.05, 4.69) is 15.7 Å². The van der Waals surface area contributed by atoms with Gasteiger partial charge in [-0.25, -0.2) is 4.68 Å². The summed E-state index contributed by atoms with van der Waals surface area (Å²) >= 11 is 0. The molecule has 1 amide bonds. The largest absolute Gasteiger partial charge is 0.481 e. The summed E-state index contributed by atoms with van der Waals surface area (Å²) in [7, 11) is 4.34. The van der Waals surface area contributed by atoms with Gasteiger partial charge in [0.25, 0.3) is 5.91 Å². The number of nitrogens with one attached hydrogen (secondary N) is 2. The first-order chi connectivity index (χ1) is 12.2. The Morgan fingerprint density at radius 1 is 1.42 bits per heavy atom. The van der Waals surface area contributed by atoms with Crippen LogP contribution in [0, 0.1) is 6.92 Å². The molecule has 0 saturated carbocycles. The Balaban J connectivity index is 2.27. The van der Waals surface area contributed by atoms with Gasteiger partial charge in [0, 0.05) is 24.8 Å². The van der Waals surface area contributed by atoms with Crippen molar-refractivity contribution in [3.63, 3.8) is 0 Å². The van der Waals surface area contributed by atoms with Crippen LogP contribution in [0.1, 0.15) is 34.1 Å². The van der Waals surface area contributed by atoms with Crippen molar-refractivity contribution in [1.29, 1.82) is 0 Å². The van der Waals surface area contributed by atoms with Crippen LogP contribution >= 0.6 is 9.24 Å². The van der Waals surface area contributed by atoms with Crippen LogP contribution in [0.5, 0.6) is 5.88 Å². The van der Waals surface area contributed by atoms with Crippen molar-refractivity contribution in [3.8, 4) is 5.88 Å². The molecule has 0 saturated heterocycles. The summed E-state index contributed by atoms with van der Waals surface area (Å²) in [6, 6.07) is 5.34. The number of aryl methyl sites for hydroxylation is 1. The van der Waals surface area contributed by atoms with Crippen LogP contribution in [0.25, 0.3) is 0 Å². The number of halogens is 2. The highest BCUT2D eigenvalue weighted by molar-refractivity contribution is 7.17. The van der Waals surface area contributed by atoms with Crippen molar-refractivity contribution in [2.75, 3.05) is 19.0 Å². The Morgan fingerprint density at radius 3 is 2.69 bits per heavy atom. The number of aromatic nitrogens is 2. The lowest BCUT2D eigenvalue weighted by atomic mass is 10.1. The molecule has 0 radical (unpaired) electrons. The maximum atomic E-state index is 13.8. The number of rotatable bonds is 7. The van der Waals surface area contributed by atoms with E-state index in [1.54, 1.807) is 12.1 Å². The SMILES string of the molecule is CCNc1cccc(C(=O)NCc2c(C(F)(F)P)nn(C)c2OC)c1C. The number of ether oxygens (including phenoxy) is 1. The molecule has 0 aliphatic carbocycles. The Hall–Kier alpha value is -2.21. The second-order valence-corrected chi connectivity index (χ2v) is 6.50. The highest BCUT2D eigenvalue weighted by Crippen LogP contribution is 2.39. The van der Waals surface area contributed by atoms with E-state index in [-0.39, 0.29) is 23.9 Å². The van der Waals surface area contributed by atoms with Gasteiger partial charge in [0.15, 0.2) is 0 Å². The van der Waals surface area contributed by atoms with Crippen molar-refractivity contribution >= 4 is 20.8 Å². The number of nitrogens with zero attached hydrogens (tertiary/aromatic N) is 2. The highest BCUT2D eigenvalue weighted by Gasteiger charge is 2.34. The summed E-state index contributed by atoms with van der Waals surface area (Å²) in [5, 5.41) is 9.68. The lowest BCUT2D eigenvalue weighted by Gasteiger charge is -2.14. The maximum absolute atomic E-state index is 13.8. The number of carbonyl (C=O) groups is 1. The van der Waals surface area contributed by atoms with E-state index in [0.29, 0.717) is 5.56 Å². The summed E-state index contributed by atoms with van der Waals surface area (Å²) in [5.41, 5.74) is -1.40. The first-order valence-corrected chi connectivity index (χ1v) is 8.67. The minimum absolute atomic E-state index is 0.125. The van der Waals surface area contributed by atoms with Gasteiger partial charge in [0.05, 0.1) is 19.2 Å². The first kappa shape index (κ1) is 20.1. The first-order valence-electron chi connectivity index (χ1n) is 8.09. The standard InChI is InChI=1S/C17H23F2N4O2P/c1-5-20-13-8-6-7-11(10(13)2)15(24)21-9-12-14(17(18,19)26)22-23(3)16(12)25-4/h6-8,20H,5,9,26H2,1-4H3,(H,21,24). The zero-order valence-corrected chi connectivity index (χ0v) is 16.3. The van der Waals surface area contributed by atoms with Crippen LogP contribution in [-0.2, 0) is 19.3 Å². The molecule has 1 aromatic heterocycles. The third-order valence-electron chi connectivity index (χ3n) is 3.97. The third kappa shape index (κ3) is 4.12.